The second-order valence-electron chi connectivity index (χ2n) is 6.53. The summed E-state index contributed by atoms with van der Waals surface area (Å²) in [6.07, 6.45) is 6.41. The zero-order valence-corrected chi connectivity index (χ0v) is 10.7. The van der Waals surface area contributed by atoms with E-state index in [1.54, 1.807) is 0 Å². The minimum Gasteiger partial charge on any atom is -0.476 e. The van der Waals surface area contributed by atoms with E-state index < -0.39 is 5.97 Å². The zero-order valence-electron chi connectivity index (χ0n) is 10.7. The van der Waals surface area contributed by atoms with Gasteiger partial charge in [0.05, 0.1) is 0 Å². The van der Waals surface area contributed by atoms with Crippen molar-refractivity contribution in [1.29, 1.82) is 0 Å². The molecule has 5 rings (SSSR count). The molecule has 4 aliphatic carbocycles. The number of nitrogens with zero attached hydrogens (tertiary/aromatic N) is 1. The van der Waals surface area contributed by atoms with E-state index in [0.717, 1.165) is 11.8 Å². The van der Waals surface area contributed by atoms with Gasteiger partial charge in [-0.3, -0.25) is 0 Å². The predicted octanol–water partition coefficient (Wildman–Crippen LogP) is 2.49. The maximum absolute atomic E-state index is 11.0. The molecule has 1 aromatic heterocycles. The van der Waals surface area contributed by atoms with Gasteiger partial charge >= 0.3 is 5.97 Å². The van der Waals surface area contributed by atoms with Crippen molar-refractivity contribution < 1.29 is 14.3 Å². The number of carbonyl (C=O) groups is 1. The molecule has 4 bridgehead atoms. The van der Waals surface area contributed by atoms with Gasteiger partial charge in [0.15, 0.2) is 0 Å². The molecule has 5 heteroatoms. The highest BCUT2D eigenvalue weighted by Crippen LogP contribution is 2.59. The summed E-state index contributed by atoms with van der Waals surface area (Å²) in [5.41, 5.74) is 5.50. The Labute approximate surface area is 111 Å². The van der Waals surface area contributed by atoms with E-state index in [1.165, 1.54) is 32.1 Å². The summed E-state index contributed by atoms with van der Waals surface area (Å²) in [6, 6.07) is 0. The van der Waals surface area contributed by atoms with Crippen LogP contribution in [0.2, 0.25) is 0 Å². The molecule has 102 valence electrons. The predicted molar refractivity (Wildman–Crippen MR) is 67.7 cm³/mol. The Hall–Kier alpha value is -1.52. The third-order valence-corrected chi connectivity index (χ3v) is 5.38. The molecule has 0 amide bonds. The molecule has 4 aliphatic rings. The van der Waals surface area contributed by atoms with Crippen LogP contribution in [0.15, 0.2) is 4.42 Å². The Balaban J connectivity index is 1.69. The quantitative estimate of drug-likeness (QED) is 0.854. The highest BCUT2D eigenvalue weighted by Gasteiger charge is 2.50. The van der Waals surface area contributed by atoms with E-state index in [9.17, 15) is 4.79 Å². The first-order valence-corrected chi connectivity index (χ1v) is 7.11. The molecule has 1 aromatic rings. The Morgan fingerprint density at radius 3 is 2.21 bits per heavy atom. The summed E-state index contributed by atoms with van der Waals surface area (Å²) >= 11 is 0. The van der Waals surface area contributed by atoms with Crippen molar-refractivity contribution in [2.75, 3.05) is 5.73 Å². The minimum atomic E-state index is -1.10. The topological polar surface area (TPSA) is 89.4 Å². The maximum atomic E-state index is 11.0. The van der Waals surface area contributed by atoms with Gasteiger partial charge in [0, 0.05) is 5.92 Å². The lowest BCUT2D eigenvalue weighted by Crippen LogP contribution is -2.43. The van der Waals surface area contributed by atoms with Crippen LogP contribution in [-0.4, -0.2) is 16.1 Å². The zero-order chi connectivity index (χ0) is 13.1. The van der Waals surface area contributed by atoms with Gasteiger partial charge in [0.25, 0.3) is 0 Å². The summed E-state index contributed by atoms with van der Waals surface area (Å²) in [5, 5.41) is 9.03. The van der Waals surface area contributed by atoms with Crippen molar-refractivity contribution >= 4 is 11.9 Å². The molecule has 0 saturated heterocycles. The largest absolute Gasteiger partial charge is 0.476 e. The SMILES string of the molecule is Nc1oc(C2C3CC4CC(C3)CC2C4)nc1C(=O)O. The van der Waals surface area contributed by atoms with E-state index in [0.29, 0.717) is 23.6 Å². The fraction of sp³-hybridized carbons (Fsp3) is 0.714. The van der Waals surface area contributed by atoms with Crippen LogP contribution in [0.1, 0.15) is 54.4 Å². The van der Waals surface area contributed by atoms with Crippen LogP contribution in [0.25, 0.3) is 0 Å². The Morgan fingerprint density at radius 1 is 1.16 bits per heavy atom. The molecule has 4 fully saturated rings. The van der Waals surface area contributed by atoms with Crippen molar-refractivity contribution in [3.05, 3.63) is 11.6 Å². The molecule has 0 atom stereocenters. The Bertz CT molecular complexity index is 509. The van der Waals surface area contributed by atoms with E-state index in [1.807, 2.05) is 0 Å². The third kappa shape index (κ3) is 1.60. The number of hydrogen-bond donors (Lipinski definition) is 2. The average Bonchev–Trinajstić information content (AvgIpc) is 2.69. The number of rotatable bonds is 2. The fourth-order valence-corrected chi connectivity index (χ4v) is 4.97. The first kappa shape index (κ1) is 11.3. The third-order valence-electron chi connectivity index (χ3n) is 5.38. The van der Waals surface area contributed by atoms with Crippen LogP contribution in [-0.2, 0) is 0 Å². The molecule has 0 radical (unpaired) electrons. The monoisotopic (exact) mass is 262 g/mol. The lowest BCUT2D eigenvalue weighted by Gasteiger charge is -2.53. The molecule has 1 heterocycles. The van der Waals surface area contributed by atoms with Crippen LogP contribution in [0.5, 0.6) is 0 Å². The van der Waals surface area contributed by atoms with Gasteiger partial charge in [-0.2, -0.15) is 0 Å². The second-order valence-corrected chi connectivity index (χ2v) is 6.53. The van der Waals surface area contributed by atoms with Gasteiger partial charge < -0.3 is 15.3 Å². The van der Waals surface area contributed by atoms with Gasteiger partial charge in [0.1, 0.15) is 0 Å². The van der Waals surface area contributed by atoms with Gasteiger partial charge in [-0.1, -0.05) is 0 Å². The van der Waals surface area contributed by atoms with E-state index in [-0.39, 0.29) is 11.6 Å². The summed E-state index contributed by atoms with van der Waals surface area (Å²) in [7, 11) is 0. The van der Waals surface area contributed by atoms with Gasteiger partial charge in [-0.15, -0.1) is 0 Å². The van der Waals surface area contributed by atoms with Crippen molar-refractivity contribution in [2.24, 2.45) is 23.7 Å². The Morgan fingerprint density at radius 2 is 1.74 bits per heavy atom. The van der Waals surface area contributed by atoms with Crippen LogP contribution in [0.3, 0.4) is 0 Å². The molecule has 0 unspecified atom stereocenters. The van der Waals surface area contributed by atoms with Gasteiger partial charge in [-0.25, -0.2) is 9.78 Å². The molecule has 4 saturated carbocycles. The molecule has 0 spiro atoms. The lowest BCUT2D eigenvalue weighted by atomic mass is 9.52. The molecular formula is C14H18N2O3. The average molecular weight is 262 g/mol. The molecule has 19 heavy (non-hydrogen) atoms. The Kier molecular flexibility index (Phi) is 2.23. The summed E-state index contributed by atoms with van der Waals surface area (Å²) in [4.78, 5) is 15.2. The van der Waals surface area contributed by atoms with Crippen LogP contribution in [0.4, 0.5) is 5.88 Å². The number of anilines is 1. The summed E-state index contributed by atoms with van der Waals surface area (Å²) < 4.78 is 5.49. The summed E-state index contributed by atoms with van der Waals surface area (Å²) in [6.45, 7) is 0. The number of oxazole rings is 1. The molecular weight excluding hydrogens is 244 g/mol. The number of aromatic carboxylic acids is 1. The second kappa shape index (κ2) is 3.74. The number of carboxylic acid groups (broad SMARTS) is 1. The molecule has 0 aromatic carbocycles. The summed E-state index contributed by atoms with van der Waals surface area (Å²) in [5.74, 6) is 2.72. The number of carboxylic acids is 1. The van der Waals surface area contributed by atoms with Crippen LogP contribution >= 0.6 is 0 Å². The van der Waals surface area contributed by atoms with Gasteiger partial charge in [0.2, 0.25) is 17.5 Å². The molecule has 3 N–H and O–H groups in total. The van der Waals surface area contributed by atoms with Crippen molar-refractivity contribution in [2.45, 2.75) is 38.0 Å². The number of aromatic nitrogens is 1. The van der Waals surface area contributed by atoms with Crippen molar-refractivity contribution in [3.8, 4) is 0 Å². The number of hydrogen-bond acceptors (Lipinski definition) is 4. The van der Waals surface area contributed by atoms with Crippen LogP contribution in [0, 0.1) is 23.7 Å². The van der Waals surface area contributed by atoms with Crippen molar-refractivity contribution in [1.82, 2.24) is 4.98 Å². The number of nitrogens with two attached hydrogens (primary N) is 1. The standard InChI is InChI=1S/C14H18N2O3/c15-12-11(14(17)18)16-13(19-12)10-8-2-6-1-7(4-8)5-9(10)3-6/h6-10H,1-5,15H2,(H,17,18). The maximum Gasteiger partial charge on any atom is 0.360 e. The molecule has 0 aliphatic heterocycles. The first-order chi connectivity index (χ1) is 9.11. The fourth-order valence-electron chi connectivity index (χ4n) is 4.97. The highest BCUT2D eigenvalue weighted by molar-refractivity contribution is 5.89. The van der Waals surface area contributed by atoms with Gasteiger partial charge in [-0.05, 0) is 55.8 Å². The number of nitrogen functional groups attached to an aromatic ring is 1. The molecule has 5 nitrogen and oxygen atoms in total. The lowest BCUT2D eigenvalue weighted by molar-refractivity contribution is -0.0112. The van der Waals surface area contributed by atoms with E-state index >= 15 is 0 Å². The van der Waals surface area contributed by atoms with E-state index in [4.69, 9.17) is 15.3 Å². The van der Waals surface area contributed by atoms with E-state index in [2.05, 4.69) is 4.98 Å². The first-order valence-electron chi connectivity index (χ1n) is 7.11. The van der Waals surface area contributed by atoms with Crippen molar-refractivity contribution in [3.63, 3.8) is 0 Å². The minimum absolute atomic E-state index is 0.0451. The highest BCUT2D eigenvalue weighted by atomic mass is 16.4. The smallest absolute Gasteiger partial charge is 0.360 e. The van der Waals surface area contributed by atoms with Crippen LogP contribution < -0.4 is 5.73 Å². The normalized spacial score (nSPS) is 39.7.